The zero-order chi connectivity index (χ0) is 17.2. The first-order chi connectivity index (χ1) is 12.2. The lowest BCUT2D eigenvalue weighted by molar-refractivity contribution is 0.0679. The van der Waals surface area contributed by atoms with Gasteiger partial charge in [-0.25, -0.2) is 0 Å². The van der Waals surface area contributed by atoms with Crippen LogP contribution in [0.1, 0.15) is 40.5 Å². The van der Waals surface area contributed by atoms with E-state index in [1.165, 1.54) is 5.56 Å². The van der Waals surface area contributed by atoms with Gasteiger partial charge in [0.2, 0.25) is 0 Å². The third-order valence-corrected chi connectivity index (χ3v) is 4.51. The highest BCUT2D eigenvalue weighted by atomic mass is 16.2. The van der Waals surface area contributed by atoms with E-state index >= 15 is 0 Å². The quantitative estimate of drug-likeness (QED) is 0.739. The van der Waals surface area contributed by atoms with Crippen molar-refractivity contribution in [3.05, 3.63) is 77.6 Å². The molecule has 1 atom stereocenters. The second-order valence-corrected chi connectivity index (χ2v) is 6.34. The molecule has 0 spiro atoms. The van der Waals surface area contributed by atoms with Crippen LogP contribution < -0.4 is 0 Å². The van der Waals surface area contributed by atoms with Gasteiger partial charge in [0, 0.05) is 30.9 Å². The minimum Gasteiger partial charge on any atom is -0.329 e. The van der Waals surface area contributed by atoms with Crippen LogP contribution in [-0.2, 0) is 13.0 Å². The zero-order valence-corrected chi connectivity index (χ0v) is 14.0. The van der Waals surface area contributed by atoms with Gasteiger partial charge in [0.05, 0.1) is 12.6 Å². The Morgan fingerprint density at radius 2 is 1.88 bits per heavy atom. The van der Waals surface area contributed by atoms with Crippen molar-refractivity contribution in [2.45, 2.75) is 25.9 Å². The molecule has 6 nitrogen and oxygen atoms in total. The molecule has 0 unspecified atom stereocenters. The predicted molar refractivity (Wildman–Crippen MR) is 93.0 cm³/mol. The first-order valence-corrected chi connectivity index (χ1v) is 8.38. The second kappa shape index (κ2) is 6.47. The normalized spacial score (nSPS) is 16.5. The topological polar surface area (TPSA) is 63.9 Å². The molecule has 0 saturated carbocycles. The lowest BCUT2D eigenvalue weighted by Gasteiger charge is -2.32. The second-order valence-electron chi connectivity index (χ2n) is 6.34. The van der Waals surface area contributed by atoms with Crippen LogP contribution in [0.15, 0.2) is 54.9 Å². The molecule has 0 fully saturated rings. The zero-order valence-electron chi connectivity index (χ0n) is 14.0. The highest BCUT2D eigenvalue weighted by molar-refractivity contribution is 5.94. The molecule has 0 saturated heterocycles. The van der Waals surface area contributed by atoms with Gasteiger partial charge in [0.25, 0.3) is 5.91 Å². The Morgan fingerprint density at radius 3 is 2.64 bits per heavy atom. The Labute approximate surface area is 146 Å². The van der Waals surface area contributed by atoms with E-state index in [-0.39, 0.29) is 11.9 Å². The molecule has 2 aromatic heterocycles. The molecule has 4 rings (SSSR count). The van der Waals surface area contributed by atoms with E-state index in [0.29, 0.717) is 18.7 Å². The fraction of sp³-hybridized carbons (Fsp3) is 0.263. The van der Waals surface area contributed by atoms with Gasteiger partial charge in [0.15, 0.2) is 5.82 Å². The summed E-state index contributed by atoms with van der Waals surface area (Å²) in [6, 6.07) is 13.9. The van der Waals surface area contributed by atoms with E-state index in [0.717, 1.165) is 18.1 Å². The van der Waals surface area contributed by atoms with Gasteiger partial charge in [-0.2, -0.15) is 0 Å². The number of aromatic nitrogens is 4. The molecule has 0 N–H and O–H groups in total. The number of hydrogen-bond acceptors (Lipinski definition) is 4. The molecule has 1 aliphatic heterocycles. The number of carbonyl (C=O) groups excluding carboxylic acids is 1. The number of pyridine rings is 1. The van der Waals surface area contributed by atoms with Crippen molar-refractivity contribution in [1.29, 1.82) is 0 Å². The molecule has 1 amide bonds. The van der Waals surface area contributed by atoms with Gasteiger partial charge in [-0.15, -0.1) is 10.2 Å². The minimum absolute atomic E-state index is 0.00751. The van der Waals surface area contributed by atoms with Gasteiger partial charge in [0.1, 0.15) is 5.82 Å². The Morgan fingerprint density at radius 1 is 1.12 bits per heavy atom. The summed E-state index contributed by atoms with van der Waals surface area (Å²) in [7, 11) is 0. The molecule has 0 bridgehead atoms. The summed E-state index contributed by atoms with van der Waals surface area (Å²) in [6.45, 7) is 3.23. The fourth-order valence-electron chi connectivity index (χ4n) is 3.34. The summed E-state index contributed by atoms with van der Waals surface area (Å²) in [5.74, 6) is 1.80. The van der Waals surface area contributed by atoms with Crippen LogP contribution in [0.2, 0.25) is 0 Å². The third kappa shape index (κ3) is 3.03. The number of hydrogen-bond donors (Lipinski definition) is 0. The third-order valence-electron chi connectivity index (χ3n) is 4.51. The summed E-state index contributed by atoms with van der Waals surface area (Å²) in [4.78, 5) is 18.5. The van der Waals surface area contributed by atoms with Crippen LogP contribution in [0.5, 0.6) is 0 Å². The molecule has 0 aliphatic carbocycles. The average molecular weight is 333 g/mol. The number of fused-ring (bicyclic) bond motifs is 1. The van der Waals surface area contributed by atoms with Gasteiger partial charge in [-0.1, -0.05) is 30.3 Å². The molecule has 25 heavy (non-hydrogen) atoms. The van der Waals surface area contributed by atoms with Gasteiger partial charge in [-0.05, 0) is 24.6 Å². The van der Waals surface area contributed by atoms with Crippen LogP contribution in [0.25, 0.3) is 0 Å². The monoisotopic (exact) mass is 333 g/mol. The molecule has 126 valence electrons. The predicted octanol–water partition coefficient (Wildman–Crippen LogP) is 2.48. The lowest BCUT2D eigenvalue weighted by atomic mass is 10.1. The maximum absolute atomic E-state index is 12.7. The minimum atomic E-state index is 0.00751. The number of benzene rings is 1. The van der Waals surface area contributed by atoms with E-state index in [4.69, 9.17) is 0 Å². The highest BCUT2D eigenvalue weighted by Gasteiger charge is 2.29. The van der Waals surface area contributed by atoms with E-state index < -0.39 is 0 Å². The maximum Gasteiger partial charge on any atom is 0.254 e. The largest absolute Gasteiger partial charge is 0.329 e. The number of nitrogens with zero attached hydrogens (tertiary/aromatic N) is 5. The van der Waals surface area contributed by atoms with Crippen LogP contribution in [0.3, 0.4) is 0 Å². The molecule has 6 heteroatoms. The summed E-state index contributed by atoms with van der Waals surface area (Å²) in [6.07, 6.45) is 4.03. The van der Waals surface area contributed by atoms with Crippen LogP contribution in [0.4, 0.5) is 0 Å². The number of amides is 1. The summed E-state index contributed by atoms with van der Waals surface area (Å²) in [5, 5.41) is 8.71. The van der Waals surface area contributed by atoms with E-state index in [1.807, 2.05) is 23.1 Å². The first kappa shape index (κ1) is 15.5. The molecular weight excluding hydrogens is 314 g/mol. The van der Waals surface area contributed by atoms with E-state index in [9.17, 15) is 4.79 Å². The van der Waals surface area contributed by atoms with Crippen molar-refractivity contribution < 1.29 is 4.79 Å². The Hall–Kier alpha value is -3.02. The summed E-state index contributed by atoms with van der Waals surface area (Å²) < 4.78 is 2.17. The van der Waals surface area contributed by atoms with Gasteiger partial charge in [-0.3, -0.25) is 9.78 Å². The van der Waals surface area contributed by atoms with Crippen LogP contribution in [0, 0.1) is 0 Å². The van der Waals surface area contributed by atoms with Crippen LogP contribution >= 0.6 is 0 Å². The number of carbonyl (C=O) groups is 1. The molecule has 3 aromatic rings. The smallest absolute Gasteiger partial charge is 0.254 e. The van der Waals surface area contributed by atoms with Crippen molar-refractivity contribution in [2.75, 3.05) is 6.54 Å². The molecule has 3 heterocycles. The van der Waals surface area contributed by atoms with Crippen molar-refractivity contribution in [1.82, 2.24) is 24.6 Å². The Kier molecular flexibility index (Phi) is 4.01. The lowest BCUT2D eigenvalue weighted by Crippen LogP contribution is -2.40. The fourth-order valence-corrected chi connectivity index (χ4v) is 3.34. The maximum atomic E-state index is 12.7. The first-order valence-electron chi connectivity index (χ1n) is 8.38. The van der Waals surface area contributed by atoms with Crippen molar-refractivity contribution in [2.24, 2.45) is 0 Å². The standard InChI is InChI=1S/C19H19N5O/c1-14-12-23(19(25)16-7-9-20-10-8-16)13-18-22-21-17(24(14)18)11-15-5-3-2-4-6-15/h2-10,14H,11-13H2,1H3/t14-/m0/s1. The number of rotatable bonds is 3. The SMILES string of the molecule is C[C@H]1CN(C(=O)c2ccncc2)Cc2nnc(Cc3ccccc3)n21. The van der Waals surface area contributed by atoms with Gasteiger partial charge < -0.3 is 9.47 Å². The van der Waals surface area contributed by atoms with Crippen LogP contribution in [-0.4, -0.2) is 37.1 Å². The Balaban J connectivity index is 1.57. The van der Waals surface area contributed by atoms with E-state index in [1.54, 1.807) is 24.5 Å². The Bertz CT molecular complexity index is 875. The van der Waals surface area contributed by atoms with Crippen molar-refractivity contribution in [3.8, 4) is 0 Å². The van der Waals surface area contributed by atoms with Crippen molar-refractivity contribution >= 4 is 5.91 Å². The highest BCUT2D eigenvalue weighted by Crippen LogP contribution is 2.24. The molecule has 0 radical (unpaired) electrons. The summed E-state index contributed by atoms with van der Waals surface area (Å²) >= 11 is 0. The molecule has 1 aliphatic rings. The molecule has 1 aromatic carbocycles. The molecular formula is C19H19N5O. The van der Waals surface area contributed by atoms with E-state index in [2.05, 4.69) is 38.8 Å². The van der Waals surface area contributed by atoms with Gasteiger partial charge >= 0.3 is 0 Å². The summed E-state index contributed by atoms with van der Waals surface area (Å²) in [5.41, 5.74) is 1.86. The average Bonchev–Trinajstić information content (AvgIpc) is 3.06. The van der Waals surface area contributed by atoms with Crippen molar-refractivity contribution in [3.63, 3.8) is 0 Å².